The fourth-order valence-corrected chi connectivity index (χ4v) is 3.25. The van der Waals surface area contributed by atoms with E-state index in [-0.39, 0.29) is 0 Å². The summed E-state index contributed by atoms with van der Waals surface area (Å²) >= 11 is 0. The molecule has 0 amide bonds. The molecule has 6 nitrogen and oxygen atoms in total. The van der Waals surface area contributed by atoms with Gasteiger partial charge in [0.2, 0.25) is 5.88 Å². The highest BCUT2D eigenvalue weighted by molar-refractivity contribution is 5.30. The Morgan fingerprint density at radius 2 is 2.00 bits per heavy atom. The van der Waals surface area contributed by atoms with Gasteiger partial charge in [-0.1, -0.05) is 0 Å². The standard InChI is InChI=1S/C16H30N4O2/c1-11(20-9-12(2)22-13(3)10-20)7-17-8-15-14(4)18-19(5)16(15)21-6/h11-13,17H,7-10H2,1-6H3/t11-,12+,13+/m0/s1. The first-order valence-corrected chi connectivity index (χ1v) is 8.09. The highest BCUT2D eigenvalue weighted by Crippen LogP contribution is 2.20. The Hall–Kier alpha value is -1.11. The molecule has 1 fully saturated rings. The van der Waals surface area contributed by atoms with Crippen molar-refractivity contribution in [2.75, 3.05) is 26.7 Å². The monoisotopic (exact) mass is 310 g/mol. The van der Waals surface area contributed by atoms with Crippen LogP contribution in [0.3, 0.4) is 0 Å². The van der Waals surface area contributed by atoms with Gasteiger partial charge in [0, 0.05) is 39.3 Å². The van der Waals surface area contributed by atoms with Crippen LogP contribution in [0.5, 0.6) is 5.88 Å². The Morgan fingerprint density at radius 1 is 1.36 bits per heavy atom. The maximum atomic E-state index is 5.80. The van der Waals surface area contributed by atoms with Crippen LogP contribution in [0.1, 0.15) is 32.0 Å². The van der Waals surface area contributed by atoms with Gasteiger partial charge in [-0.2, -0.15) is 5.10 Å². The lowest BCUT2D eigenvalue weighted by molar-refractivity contribution is -0.0781. The van der Waals surface area contributed by atoms with E-state index in [2.05, 4.69) is 36.1 Å². The number of morpholine rings is 1. The average molecular weight is 310 g/mol. The number of aryl methyl sites for hydroxylation is 2. The van der Waals surface area contributed by atoms with E-state index in [1.165, 1.54) is 0 Å². The van der Waals surface area contributed by atoms with Gasteiger partial charge in [-0.05, 0) is 27.7 Å². The summed E-state index contributed by atoms with van der Waals surface area (Å²) in [6.07, 6.45) is 0.624. The van der Waals surface area contributed by atoms with Crippen LogP contribution in [0.25, 0.3) is 0 Å². The molecule has 1 aromatic heterocycles. The lowest BCUT2D eigenvalue weighted by Gasteiger charge is -2.39. The first kappa shape index (κ1) is 17.2. The summed E-state index contributed by atoms with van der Waals surface area (Å²) in [6, 6.07) is 0.483. The van der Waals surface area contributed by atoms with Crippen molar-refractivity contribution < 1.29 is 9.47 Å². The normalized spacial score (nSPS) is 24.5. The third-order valence-electron chi connectivity index (χ3n) is 4.29. The Morgan fingerprint density at radius 3 is 2.59 bits per heavy atom. The van der Waals surface area contributed by atoms with E-state index in [4.69, 9.17) is 9.47 Å². The molecule has 126 valence electrons. The molecule has 3 atom stereocenters. The second-order valence-corrected chi connectivity index (χ2v) is 6.39. The molecule has 0 saturated carbocycles. The molecular weight excluding hydrogens is 280 g/mol. The Kier molecular flexibility index (Phi) is 5.83. The number of aromatic nitrogens is 2. The molecule has 1 saturated heterocycles. The summed E-state index contributed by atoms with van der Waals surface area (Å²) in [4.78, 5) is 2.50. The summed E-state index contributed by atoms with van der Waals surface area (Å²) in [5.41, 5.74) is 2.16. The largest absolute Gasteiger partial charge is 0.481 e. The lowest BCUT2D eigenvalue weighted by atomic mass is 10.1. The second-order valence-electron chi connectivity index (χ2n) is 6.39. The third-order valence-corrected chi connectivity index (χ3v) is 4.29. The van der Waals surface area contributed by atoms with Gasteiger partial charge in [0.1, 0.15) is 0 Å². The predicted octanol–water partition coefficient (Wildman–Crippen LogP) is 1.32. The minimum Gasteiger partial charge on any atom is -0.481 e. The van der Waals surface area contributed by atoms with Crippen LogP contribution in [0.15, 0.2) is 0 Å². The first-order valence-electron chi connectivity index (χ1n) is 8.09. The molecule has 0 aromatic carbocycles. The average Bonchev–Trinajstić information content (AvgIpc) is 2.71. The van der Waals surface area contributed by atoms with Crippen molar-refractivity contribution in [2.45, 2.75) is 52.5 Å². The van der Waals surface area contributed by atoms with Gasteiger partial charge in [0.15, 0.2) is 0 Å². The second kappa shape index (κ2) is 7.44. The fraction of sp³-hybridized carbons (Fsp3) is 0.812. The van der Waals surface area contributed by atoms with E-state index in [1.54, 1.807) is 11.8 Å². The summed E-state index contributed by atoms with van der Waals surface area (Å²) in [5, 5.41) is 7.96. The van der Waals surface area contributed by atoms with Crippen LogP contribution < -0.4 is 10.1 Å². The molecule has 1 aliphatic heterocycles. The highest BCUT2D eigenvalue weighted by atomic mass is 16.5. The molecule has 1 aromatic rings. The molecule has 0 radical (unpaired) electrons. The van der Waals surface area contributed by atoms with Crippen LogP contribution in [-0.4, -0.2) is 59.7 Å². The number of methoxy groups -OCH3 is 1. The van der Waals surface area contributed by atoms with Gasteiger partial charge in [-0.25, -0.2) is 4.68 Å². The van der Waals surface area contributed by atoms with Crippen LogP contribution in [0.4, 0.5) is 0 Å². The van der Waals surface area contributed by atoms with Crippen molar-refractivity contribution >= 4 is 0 Å². The fourth-order valence-electron chi connectivity index (χ4n) is 3.25. The van der Waals surface area contributed by atoms with Gasteiger partial charge in [0.25, 0.3) is 0 Å². The number of nitrogens with one attached hydrogen (secondary N) is 1. The van der Waals surface area contributed by atoms with Gasteiger partial charge >= 0.3 is 0 Å². The van der Waals surface area contributed by atoms with Crippen LogP contribution >= 0.6 is 0 Å². The van der Waals surface area contributed by atoms with Crippen molar-refractivity contribution in [3.05, 3.63) is 11.3 Å². The van der Waals surface area contributed by atoms with Crippen LogP contribution in [-0.2, 0) is 18.3 Å². The molecule has 6 heteroatoms. The Balaban J connectivity index is 1.86. The van der Waals surface area contributed by atoms with Crippen molar-refractivity contribution in [3.8, 4) is 5.88 Å². The van der Waals surface area contributed by atoms with Gasteiger partial charge in [-0.15, -0.1) is 0 Å². The van der Waals surface area contributed by atoms with E-state index in [0.29, 0.717) is 18.2 Å². The summed E-state index contributed by atoms with van der Waals surface area (Å²) in [7, 11) is 3.60. The van der Waals surface area contributed by atoms with E-state index in [1.807, 2.05) is 14.0 Å². The molecule has 0 unspecified atom stereocenters. The predicted molar refractivity (Wildman–Crippen MR) is 87.2 cm³/mol. The van der Waals surface area contributed by atoms with Crippen molar-refractivity contribution in [2.24, 2.45) is 7.05 Å². The first-order chi connectivity index (χ1) is 10.4. The van der Waals surface area contributed by atoms with Gasteiger partial charge in [0.05, 0.1) is 30.6 Å². The topological polar surface area (TPSA) is 51.6 Å². The van der Waals surface area contributed by atoms with E-state index in [9.17, 15) is 0 Å². The molecule has 1 aliphatic rings. The molecule has 22 heavy (non-hydrogen) atoms. The quantitative estimate of drug-likeness (QED) is 0.859. The molecule has 0 spiro atoms. The van der Waals surface area contributed by atoms with Crippen LogP contribution in [0, 0.1) is 6.92 Å². The number of hydrogen-bond donors (Lipinski definition) is 1. The zero-order valence-corrected chi connectivity index (χ0v) is 14.7. The molecule has 0 bridgehead atoms. The smallest absolute Gasteiger partial charge is 0.216 e. The van der Waals surface area contributed by atoms with Crippen molar-refractivity contribution in [3.63, 3.8) is 0 Å². The van der Waals surface area contributed by atoms with E-state index < -0.39 is 0 Å². The van der Waals surface area contributed by atoms with Gasteiger partial charge in [-0.3, -0.25) is 4.90 Å². The van der Waals surface area contributed by atoms with Crippen molar-refractivity contribution in [1.82, 2.24) is 20.0 Å². The van der Waals surface area contributed by atoms with Crippen molar-refractivity contribution in [1.29, 1.82) is 0 Å². The summed E-state index contributed by atoms with van der Waals surface area (Å²) in [5.74, 6) is 0.839. The maximum absolute atomic E-state index is 5.80. The zero-order chi connectivity index (χ0) is 16.3. The molecular formula is C16H30N4O2. The third kappa shape index (κ3) is 4.00. The van der Waals surface area contributed by atoms with E-state index in [0.717, 1.165) is 43.3 Å². The zero-order valence-electron chi connectivity index (χ0n) is 14.7. The highest BCUT2D eigenvalue weighted by Gasteiger charge is 2.25. The SMILES string of the molecule is COc1c(CNC[C@H](C)N2C[C@@H](C)O[C@H](C)C2)c(C)nn1C. The summed E-state index contributed by atoms with van der Waals surface area (Å²) in [6.45, 7) is 12.3. The number of rotatable bonds is 6. The molecule has 2 rings (SSSR count). The number of hydrogen-bond acceptors (Lipinski definition) is 5. The summed E-state index contributed by atoms with van der Waals surface area (Å²) < 4.78 is 13.0. The van der Waals surface area contributed by atoms with Crippen LogP contribution in [0.2, 0.25) is 0 Å². The maximum Gasteiger partial charge on any atom is 0.216 e. The minimum atomic E-state index is 0.312. The van der Waals surface area contributed by atoms with E-state index >= 15 is 0 Å². The minimum absolute atomic E-state index is 0.312. The number of ether oxygens (including phenoxy) is 2. The number of nitrogens with zero attached hydrogens (tertiary/aromatic N) is 3. The Bertz CT molecular complexity index is 479. The molecule has 2 heterocycles. The molecule has 1 N–H and O–H groups in total. The lowest BCUT2D eigenvalue weighted by Crippen LogP contribution is -2.51. The molecule has 0 aliphatic carbocycles. The van der Waals surface area contributed by atoms with Gasteiger partial charge < -0.3 is 14.8 Å². The Labute approximate surface area is 133 Å².